The lowest BCUT2D eigenvalue weighted by atomic mass is 10.1. The van der Waals surface area contributed by atoms with Crippen molar-refractivity contribution in [2.45, 2.75) is 37.6 Å². The quantitative estimate of drug-likeness (QED) is 0.916. The van der Waals surface area contributed by atoms with Gasteiger partial charge in [0.15, 0.2) is 0 Å². The lowest BCUT2D eigenvalue weighted by Crippen LogP contribution is -2.42. The van der Waals surface area contributed by atoms with Gasteiger partial charge in [-0.05, 0) is 43.9 Å². The fraction of sp³-hybridized carbons (Fsp3) is 0.571. The van der Waals surface area contributed by atoms with Crippen molar-refractivity contribution in [3.63, 3.8) is 0 Å². The highest BCUT2D eigenvalue weighted by molar-refractivity contribution is 7.89. The second-order valence-corrected chi connectivity index (χ2v) is 7.26. The minimum Gasteiger partial charge on any atom is -0.495 e. The van der Waals surface area contributed by atoms with Crippen molar-refractivity contribution < 1.29 is 13.2 Å². The monoisotopic (exact) mass is 298 g/mol. The first-order valence-electron chi connectivity index (χ1n) is 6.77. The largest absolute Gasteiger partial charge is 0.495 e. The van der Waals surface area contributed by atoms with Crippen molar-refractivity contribution in [1.82, 2.24) is 4.31 Å². The van der Waals surface area contributed by atoms with E-state index >= 15 is 0 Å². The topological polar surface area (TPSA) is 72.6 Å². The van der Waals surface area contributed by atoms with Crippen LogP contribution >= 0.6 is 0 Å². The van der Waals surface area contributed by atoms with Gasteiger partial charge >= 0.3 is 0 Å². The molecule has 1 aliphatic rings. The number of hydrogen-bond donors (Lipinski definition) is 1. The van der Waals surface area contributed by atoms with E-state index in [0.29, 0.717) is 31.7 Å². The van der Waals surface area contributed by atoms with Gasteiger partial charge in [0, 0.05) is 19.1 Å². The third-order valence-electron chi connectivity index (χ3n) is 3.71. The molecule has 1 heterocycles. The summed E-state index contributed by atoms with van der Waals surface area (Å²) in [5.41, 5.74) is 7.58. The maximum absolute atomic E-state index is 12.8. The average molecular weight is 298 g/mol. The third kappa shape index (κ3) is 2.82. The zero-order valence-corrected chi connectivity index (χ0v) is 13.0. The van der Waals surface area contributed by atoms with E-state index in [1.54, 1.807) is 6.07 Å². The number of nitrogens with two attached hydrogens (primary N) is 1. The molecule has 20 heavy (non-hydrogen) atoms. The number of methoxy groups -OCH3 is 1. The molecule has 2 rings (SSSR count). The van der Waals surface area contributed by atoms with Crippen LogP contribution in [-0.4, -0.2) is 39.0 Å². The Morgan fingerprint density at radius 2 is 1.85 bits per heavy atom. The minimum absolute atomic E-state index is 0.0996. The van der Waals surface area contributed by atoms with Gasteiger partial charge in [-0.3, -0.25) is 0 Å². The first-order chi connectivity index (χ1) is 9.36. The highest BCUT2D eigenvalue weighted by Gasteiger charge is 2.31. The Labute approximate surface area is 120 Å². The molecule has 0 saturated carbocycles. The summed E-state index contributed by atoms with van der Waals surface area (Å²) in [6.45, 7) is 4.69. The molecule has 0 amide bonds. The van der Waals surface area contributed by atoms with Crippen LogP contribution in [0, 0.1) is 13.8 Å². The van der Waals surface area contributed by atoms with Gasteiger partial charge in [-0.1, -0.05) is 6.07 Å². The van der Waals surface area contributed by atoms with Crippen LogP contribution in [0.25, 0.3) is 0 Å². The van der Waals surface area contributed by atoms with Crippen molar-refractivity contribution >= 4 is 10.0 Å². The molecule has 1 saturated heterocycles. The molecule has 0 aromatic heterocycles. The SMILES string of the molecule is COc1c(C)cc(C)cc1S(=O)(=O)N1CCC(N)CC1. The number of aryl methyl sites for hydroxylation is 2. The molecule has 0 atom stereocenters. The summed E-state index contributed by atoms with van der Waals surface area (Å²) >= 11 is 0. The van der Waals surface area contributed by atoms with Crippen LogP contribution in [0.1, 0.15) is 24.0 Å². The summed E-state index contributed by atoms with van der Waals surface area (Å²) in [7, 11) is -2.02. The predicted molar refractivity (Wildman–Crippen MR) is 78.4 cm³/mol. The molecule has 0 radical (unpaired) electrons. The van der Waals surface area contributed by atoms with E-state index in [1.807, 2.05) is 19.9 Å². The Bertz CT molecular complexity index is 591. The molecular formula is C14H22N2O3S. The third-order valence-corrected chi connectivity index (χ3v) is 5.61. The maximum atomic E-state index is 12.8. The summed E-state index contributed by atoms with van der Waals surface area (Å²) in [6.07, 6.45) is 1.40. The molecule has 6 heteroatoms. The van der Waals surface area contributed by atoms with Crippen LogP contribution in [0.5, 0.6) is 5.75 Å². The summed E-state index contributed by atoms with van der Waals surface area (Å²) < 4.78 is 32.4. The molecule has 112 valence electrons. The Morgan fingerprint density at radius 3 is 2.40 bits per heavy atom. The Morgan fingerprint density at radius 1 is 1.25 bits per heavy atom. The van der Waals surface area contributed by atoms with Crippen LogP contribution in [0.2, 0.25) is 0 Å². The van der Waals surface area contributed by atoms with Crippen LogP contribution in [0.15, 0.2) is 17.0 Å². The number of hydrogen-bond acceptors (Lipinski definition) is 4. The number of piperidine rings is 1. The minimum atomic E-state index is -3.52. The molecule has 5 nitrogen and oxygen atoms in total. The van der Waals surface area contributed by atoms with E-state index in [1.165, 1.54) is 11.4 Å². The van der Waals surface area contributed by atoms with Crippen molar-refractivity contribution in [3.8, 4) is 5.75 Å². The second-order valence-electron chi connectivity index (χ2n) is 5.35. The van der Waals surface area contributed by atoms with E-state index in [2.05, 4.69) is 0 Å². The lowest BCUT2D eigenvalue weighted by molar-refractivity contribution is 0.317. The fourth-order valence-electron chi connectivity index (χ4n) is 2.62. The van der Waals surface area contributed by atoms with E-state index < -0.39 is 10.0 Å². The highest BCUT2D eigenvalue weighted by atomic mass is 32.2. The zero-order chi connectivity index (χ0) is 14.9. The Balaban J connectivity index is 2.44. The summed E-state index contributed by atoms with van der Waals surface area (Å²) in [6, 6.07) is 3.70. The van der Waals surface area contributed by atoms with Gasteiger partial charge in [0.2, 0.25) is 10.0 Å². The van der Waals surface area contributed by atoms with Gasteiger partial charge in [-0.2, -0.15) is 4.31 Å². The molecule has 1 aromatic carbocycles. The molecule has 0 bridgehead atoms. The molecule has 1 fully saturated rings. The summed E-state index contributed by atoms with van der Waals surface area (Å²) in [5.74, 6) is 0.436. The van der Waals surface area contributed by atoms with Gasteiger partial charge in [-0.25, -0.2) is 8.42 Å². The van der Waals surface area contributed by atoms with Crippen LogP contribution in [-0.2, 0) is 10.0 Å². The number of sulfonamides is 1. The first-order valence-corrected chi connectivity index (χ1v) is 8.21. The number of nitrogens with zero attached hydrogens (tertiary/aromatic N) is 1. The first kappa shape index (κ1) is 15.3. The van der Waals surface area contributed by atoms with Crippen molar-refractivity contribution in [2.24, 2.45) is 5.73 Å². The molecule has 0 spiro atoms. The molecule has 0 unspecified atom stereocenters. The van der Waals surface area contributed by atoms with Gasteiger partial charge in [0.25, 0.3) is 0 Å². The highest BCUT2D eigenvalue weighted by Crippen LogP contribution is 2.32. The molecule has 1 aromatic rings. The van der Waals surface area contributed by atoms with E-state index in [-0.39, 0.29) is 10.9 Å². The van der Waals surface area contributed by atoms with E-state index in [4.69, 9.17) is 10.5 Å². The van der Waals surface area contributed by atoms with Crippen molar-refractivity contribution in [3.05, 3.63) is 23.3 Å². The Kier molecular flexibility index (Phi) is 4.36. The Hall–Kier alpha value is -1.11. The lowest BCUT2D eigenvalue weighted by Gasteiger charge is -2.30. The van der Waals surface area contributed by atoms with Gasteiger partial charge < -0.3 is 10.5 Å². The second kappa shape index (κ2) is 5.71. The van der Waals surface area contributed by atoms with Crippen molar-refractivity contribution in [2.75, 3.05) is 20.2 Å². The summed E-state index contributed by atoms with van der Waals surface area (Å²) in [4.78, 5) is 0.257. The summed E-state index contributed by atoms with van der Waals surface area (Å²) in [5, 5.41) is 0. The standard InChI is InChI=1S/C14H22N2O3S/c1-10-8-11(2)14(19-3)13(9-10)20(17,18)16-6-4-12(15)5-7-16/h8-9,12H,4-7,15H2,1-3H3. The number of rotatable bonds is 3. The normalized spacial score (nSPS) is 18.2. The van der Waals surface area contributed by atoms with Gasteiger partial charge in [-0.15, -0.1) is 0 Å². The molecule has 1 aliphatic heterocycles. The molecule has 0 aliphatic carbocycles. The number of ether oxygens (including phenoxy) is 1. The van der Waals surface area contributed by atoms with Crippen LogP contribution in [0.4, 0.5) is 0 Å². The van der Waals surface area contributed by atoms with Crippen molar-refractivity contribution in [1.29, 1.82) is 0 Å². The predicted octanol–water partition coefficient (Wildman–Crippen LogP) is 1.42. The fourth-order valence-corrected chi connectivity index (χ4v) is 4.41. The maximum Gasteiger partial charge on any atom is 0.246 e. The van der Waals surface area contributed by atoms with Crippen LogP contribution < -0.4 is 10.5 Å². The van der Waals surface area contributed by atoms with E-state index in [0.717, 1.165) is 11.1 Å². The number of benzene rings is 1. The van der Waals surface area contributed by atoms with Crippen LogP contribution in [0.3, 0.4) is 0 Å². The average Bonchev–Trinajstić information content (AvgIpc) is 2.38. The van der Waals surface area contributed by atoms with Gasteiger partial charge in [0.05, 0.1) is 7.11 Å². The van der Waals surface area contributed by atoms with Gasteiger partial charge in [0.1, 0.15) is 10.6 Å². The van der Waals surface area contributed by atoms with E-state index in [9.17, 15) is 8.42 Å². The zero-order valence-electron chi connectivity index (χ0n) is 12.2. The smallest absolute Gasteiger partial charge is 0.246 e. The molecule has 2 N–H and O–H groups in total. The molecular weight excluding hydrogens is 276 g/mol.